The summed E-state index contributed by atoms with van der Waals surface area (Å²) in [5, 5.41) is 50.1. The second-order valence-electron chi connectivity index (χ2n) is 16.3. The van der Waals surface area contributed by atoms with Crippen molar-refractivity contribution in [3.8, 4) is 0 Å². The van der Waals surface area contributed by atoms with Crippen molar-refractivity contribution in [2.75, 3.05) is 13.2 Å². The molecule has 0 aliphatic heterocycles. The molecule has 59 heavy (non-hydrogen) atoms. The Morgan fingerprint density at radius 3 is 1.36 bits per heavy atom. The van der Waals surface area contributed by atoms with Crippen molar-refractivity contribution < 1.29 is 63.1 Å². The summed E-state index contributed by atoms with van der Waals surface area (Å²) >= 11 is 0. The minimum absolute atomic E-state index is 0.0116. The predicted octanol–water partition coefficient (Wildman–Crippen LogP) is 8.84. The van der Waals surface area contributed by atoms with E-state index in [2.05, 4.69) is 26.0 Å². The molecule has 6 unspecified atom stereocenters. The van der Waals surface area contributed by atoms with E-state index in [1.54, 1.807) is 0 Å². The fourth-order valence-corrected chi connectivity index (χ4v) is 7.98. The molecule has 0 spiro atoms. The minimum atomic E-state index is -5.13. The topological polar surface area (TPSA) is 210 Å². The number of carbonyl (C=O) groups is 2. The van der Waals surface area contributed by atoms with Gasteiger partial charge in [-0.15, -0.1) is 0 Å². The molecule has 0 aromatic carbocycles. The first-order chi connectivity index (χ1) is 28.4. The van der Waals surface area contributed by atoms with E-state index in [-0.39, 0.29) is 12.8 Å². The zero-order valence-electron chi connectivity index (χ0n) is 36.6. The van der Waals surface area contributed by atoms with E-state index in [0.717, 1.165) is 32.1 Å². The molecule has 1 fully saturated rings. The third-order valence-electron chi connectivity index (χ3n) is 10.8. The number of hydrogen-bond donors (Lipinski definition) is 6. The number of rotatable bonds is 38. The van der Waals surface area contributed by atoms with Crippen LogP contribution >= 0.6 is 7.82 Å². The zero-order chi connectivity index (χ0) is 43.6. The number of aliphatic hydroxyl groups is 5. The number of esters is 2. The molecular weight excluding hydrogens is 779 g/mol. The molecule has 0 aromatic rings. The van der Waals surface area contributed by atoms with Gasteiger partial charge < -0.3 is 39.9 Å². The van der Waals surface area contributed by atoms with Crippen molar-refractivity contribution in [1.82, 2.24) is 0 Å². The van der Waals surface area contributed by atoms with Crippen molar-refractivity contribution in [3.63, 3.8) is 0 Å². The van der Waals surface area contributed by atoms with Gasteiger partial charge in [-0.3, -0.25) is 18.6 Å². The van der Waals surface area contributed by atoms with Crippen molar-refractivity contribution in [2.24, 2.45) is 0 Å². The number of carbonyl (C=O) groups excluding carboxylic acids is 2. The standard InChI is InChI=1S/C45H83O13P/c1-3-5-7-9-11-13-15-17-19-21-23-25-27-29-31-33-38(46)55-35-37(36-56-59(53,54)58-45-43(51)41(49)40(48)42(50)44(45)52)57-39(47)34-32-30-28-26-24-22-20-18-16-14-12-10-8-6-4-2/h23,25,28,30,37,40-45,48-52H,3-22,24,26-27,29,31-36H2,1-2H3,(H,53,54)/b25-23+,30-28+/t37-,40?,41-,42?,43?,44?,45?/m1/s1. The van der Waals surface area contributed by atoms with Crippen LogP contribution in [0.4, 0.5) is 0 Å². The number of phosphoric ester groups is 1. The van der Waals surface area contributed by atoms with Gasteiger partial charge in [0.2, 0.25) is 0 Å². The molecule has 0 aromatic heterocycles. The smallest absolute Gasteiger partial charge is 0.462 e. The van der Waals surface area contributed by atoms with Crippen LogP contribution in [0.2, 0.25) is 0 Å². The van der Waals surface area contributed by atoms with Gasteiger partial charge in [-0.25, -0.2) is 4.57 Å². The van der Waals surface area contributed by atoms with Gasteiger partial charge in [0.1, 0.15) is 43.2 Å². The molecule has 0 bridgehead atoms. The number of allylic oxidation sites excluding steroid dienone is 4. The third-order valence-corrected chi connectivity index (χ3v) is 11.8. The molecule has 0 saturated heterocycles. The van der Waals surface area contributed by atoms with E-state index in [4.69, 9.17) is 18.5 Å². The quantitative estimate of drug-likeness (QED) is 0.0149. The van der Waals surface area contributed by atoms with Gasteiger partial charge in [-0.1, -0.05) is 154 Å². The first-order valence-corrected chi connectivity index (χ1v) is 24.6. The first-order valence-electron chi connectivity index (χ1n) is 23.1. The molecule has 1 saturated carbocycles. The molecule has 14 heteroatoms. The Balaban J connectivity index is 2.49. The summed E-state index contributed by atoms with van der Waals surface area (Å²) in [4.78, 5) is 35.6. The predicted molar refractivity (Wildman–Crippen MR) is 230 cm³/mol. The second-order valence-corrected chi connectivity index (χ2v) is 17.7. The Hall–Kier alpha value is -1.67. The van der Waals surface area contributed by atoms with Crippen molar-refractivity contribution >= 4 is 19.8 Å². The van der Waals surface area contributed by atoms with Gasteiger partial charge in [0.05, 0.1) is 6.61 Å². The highest BCUT2D eigenvalue weighted by Gasteiger charge is 2.51. The normalized spacial score (nSPS) is 22.5. The van der Waals surface area contributed by atoms with Crippen LogP contribution in [0.25, 0.3) is 0 Å². The van der Waals surface area contributed by atoms with Gasteiger partial charge in [0.25, 0.3) is 0 Å². The van der Waals surface area contributed by atoms with Crippen molar-refractivity contribution in [3.05, 3.63) is 24.3 Å². The maximum absolute atomic E-state index is 12.8. The van der Waals surface area contributed by atoms with Crippen molar-refractivity contribution in [1.29, 1.82) is 0 Å². The van der Waals surface area contributed by atoms with Gasteiger partial charge in [-0.05, 0) is 51.4 Å². The zero-order valence-corrected chi connectivity index (χ0v) is 37.4. The molecule has 1 aliphatic carbocycles. The van der Waals surface area contributed by atoms with Gasteiger partial charge in [0, 0.05) is 12.8 Å². The highest BCUT2D eigenvalue weighted by molar-refractivity contribution is 7.47. The largest absolute Gasteiger partial charge is 0.472 e. The first kappa shape index (κ1) is 55.3. The summed E-state index contributed by atoms with van der Waals surface area (Å²) in [7, 11) is -5.13. The van der Waals surface area contributed by atoms with E-state index in [9.17, 15) is 44.6 Å². The maximum atomic E-state index is 12.8. The molecule has 8 atom stereocenters. The van der Waals surface area contributed by atoms with Crippen LogP contribution in [0.1, 0.15) is 194 Å². The number of aliphatic hydroxyl groups excluding tert-OH is 5. The van der Waals surface area contributed by atoms with Crippen molar-refractivity contribution in [2.45, 2.75) is 236 Å². The summed E-state index contributed by atoms with van der Waals surface area (Å²) in [6.07, 6.45) is 25.4. The van der Waals surface area contributed by atoms with E-state index in [1.807, 2.05) is 12.2 Å². The highest BCUT2D eigenvalue weighted by Crippen LogP contribution is 2.47. The van der Waals surface area contributed by atoms with Crippen LogP contribution in [-0.4, -0.2) is 98.3 Å². The van der Waals surface area contributed by atoms with Crippen LogP contribution in [0.5, 0.6) is 0 Å². The Morgan fingerprint density at radius 1 is 0.508 bits per heavy atom. The maximum Gasteiger partial charge on any atom is 0.472 e. The Labute approximate surface area is 356 Å². The Kier molecular flexibility index (Phi) is 33.7. The number of hydrogen-bond acceptors (Lipinski definition) is 12. The van der Waals surface area contributed by atoms with Crippen LogP contribution in [0, 0.1) is 0 Å². The molecule has 1 rings (SSSR count). The summed E-state index contributed by atoms with van der Waals surface area (Å²) in [5.74, 6) is -1.18. The molecular formula is C45H83O13P. The Bertz CT molecular complexity index is 1130. The average molecular weight is 863 g/mol. The van der Waals surface area contributed by atoms with E-state index < -0.39 is 75.7 Å². The Morgan fingerprint density at radius 2 is 0.898 bits per heavy atom. The van der Waals surface area contributed by atoms with Gasteiger partial charge in [0.15, 0.2) is 6.10 Å². The summed E-state index contributed by atoms with van der Waals surface area (Å²) < 4.78 is 33.4. The third kappa shape index (κ3) is 28.5. The van der Waals surface area contributed by atoms with Gasteiger partial charge in [-0.2, -0.15) is 0 Å². The molecule has 13 nitrogen and oxygen atoms in total. The van der Waals surface area contributed by atoms with E-state index >= 15 is 0 Å². The monoisotopic (exact) mass is 863 g/mol. The molecule has 6 N–H and O–H groups in total. The lowest BCUT2D eigenvalue weighted by molar-refractivity contribution is -0.220. The van der Waals surface area contributed by atoms with Crippen LogP contribution in [0.15, 0.2) is 24.3 Å². The average Bonchev–Trinajstić information content (AvgIpc) is 3.21. The van der Waals surface area contributed by atoms with Crippen LogP contribution in [0.3, 0.4) is 0 Å². The molecule has 346 valence electrons. The lowest BCUT2D eigenvalue weighted by Gasteiger charge is -2.41. The summed E-state index contributed by atoms with van der Waals surface area (Å²) in [6.45, 7) is 3.25. The lowest BCUT2D eigenvalue weighted by atomic mass is 9.85. The van der Waals surface area contributed by atoms with Crippen LogP contribution in [-0.2, 0) is 32.7 Å². The lowest BCUT2D eigenvalue weighted by Crippen LogP contribution is -2.64. The summed E-state index contributed by atoms with van der Waals surface area (Å²) in [6, 6.07) is 0. The SMILES string of the molecule is CCCCCCCCCCC/C=C/CCCCC(=O)OC[C@H](COP(=O)(O)OC1C(O)C(O)C(O)[C@@H](O)C1O)OC(=O)CC/C=C/CCCCCCCCCCCCC. The highest BCUT2D eigenvalue weighted by atomic mass is 31.2. The fourth-order valence-electron chi connectivity index (χ4n) is 7.01. The second kappa shape index (κ2) is 35.9. The molecule has 0 heterocycles. The number of phosphoric acid groups is 1. The van der Waals surface area contributed by atoms with Crippen LogP contribution < -0.4 is 0 Å². The number of unbranched alkanes of at least 4 members (excludes halogenated alkanes) is 22. The van der Waals surface area contributed by atoms with E-state index in [1.165, 1.54) is 122 Å². The molecule has 0 amide bonds. The van der Waals surface area contributed by atoms with Gasteiger partial charge >= 0.3 is 19.8 Å². The molecule has 0 radical (unpaired) electrons. The van der Waals surface area contributed by atoms with E-state index in [0.29, 0.717) is 12.8 Å². The minimum Gasteiger partial charge on any atom is -0.462 e. The fraction of sp³-hybridized carbons (Fsp3) is 0.867. The number of ether oxygens (including phenoxy) is 2. The molecule has 1 aliphatic rings. The summed E-state index contributed by atoms with van der Waals surface area (Å²) in [5.41, 5.74) is 0.